The van der Waals surface area contributed by atoms with Crippen LogP contribution in [-0.2, 0) is 0 Å². The Hall–Kier alpha value is -1.46. The first kappa shape index (κ1) is 15.9. The Morgan fingerprint density at radius 1 is 1.38 bits per heavy atom. The zero-order valence-electron chi connectivity index (χ0n) is 12.2. The monoisotopic (exact) mass is 313 g/mol. The van der Waals surface area contributed by atoms with E-state index in [1.54, 1.807) is 12.1 Å². The molecule has 0 spiro atoms. The van der Waals surface area contributed by atoms with Gasteiger partial charge in [-0.15, -0.1) is 0 Å². The highest BCUT2D eigenvalue weighted by molar-refractivity contribution is 6.32. The number of aliphatic hydroxyl groups excluding tert-OH is 1. The van der Waals surface area contributed by atoms with E-state index in [4.69, 9.17) is 21.1 Å². The second kappa shape index (κ2) is 6.54. The molecule has 6 heteroatoms. The zero-order chi connectivity index (χ0) is 15.5. The molecule has 1 aromatic rings. The van der Waals surface area contributed by atoms with Crippen molar-refractivity contribution in [3.8, 4) is 11.5 Å². The smallest absolute Gasteiger partial charge is 0.251 e. The van der Waals surface area contributed by atoms with Crippen molar-refractivity contribution in [2.45, 2.75) is 26.7 Å². The summed E-state index contributed by atoms with van der Waals surface area (Å²) >= 11 is 6.07. The number of hydrogen-bond acceptors (Lipinski definition) is 4. The van der Waals surface area contributed by atoms with Crippen LogP contribution in [0.4, 0.5) is 0 Å². The van der Waals surface area contributed by atoms with Crippen molar-refractivity contribution in [1.29, 1.82) is 0 Å². The minimum absolute atomic E-state index is 0.0438. The zero-order valence-corrected chi connectivity index (χ0v) is 13.0. The number of aliphatic hydroxyl groups is 1. The van der Waals surface area contributed by atoms with Gasteiger partial charge in [-0.25, -0.2) is 0 Å². The van der Waals surface area contributed by atoms with Crippen LogP contribution in [0.3, 0.4) is 0 Å². The van der Waals surface area contributed by atoms with E-state index in [0.717, 1.165) is 12.8 Å². The van der Waals surface area contributed by atoms with Crippen molar-refractivity contribution in [2.75, 3.05) is 19.9 Å². The van der Waals surface area contributed by atoms with Crippen molar-refractivity contribution in [2.24, 2.45) is 5.41 Å². The largest absolute Gasteiger partial charge is 0.454 e. The van der Waals surface area contributed by atoms with Crippen molar-refractivity contribution < 1.29 is 19.4 Å². The maximum atomic E-state index is 12.2. The lowest BCUT2D eigenvalue weighted by atomic mass is 9.83. The number of rotatable bonds is 6. The van der Waals surface area contributed by atoms with Crippen LogP contribution >= 0.6 is 11.6 Å². The Morgan fingerprint density at radius 2 is 2.10 bits per heavy atom. The molecule has 1 aliphatic heterocycles. The molecule has 0 saturated carbocycles. The predicted octanol–water partition coefficient (Wildman–Crippen LogP) is 2.60. The summed E-state index contributed by atoms with van der Waals surface area (Å²) in [6.07, 6.45) is 1.59. The summed E-state index contributed by atoms with van der Waals surface area (Å²) in [6, 6.07) is 3.17. The van der Waals surface area contributed by atoms with Crippen molar-refractivity contribution >= 4 is 17.5 Å². The molecule has 2 rings (SSSR count). The lowest BCUT2D eigenvalue weighted by Gasteiger charge is -2.29. The van der Waals surface area contributed by atoms with E-state index in [2.05, 4.69) is 5.32 Å². The Kier molecular flexibility index (Phi) is 4.96. The topological polar surface area (TPSA) is 67.8 Å². The van der Waals surface area contributed by atoms with Gasteiger partial charge in [0.15, 0.2) is 11.5 Å². The van der Waals surface area contributed by atoms with Gasteiger partial charge in [0.05, 0.1) is 11.6 Å². The van der Waals surface area contributed by atoms with Gasteiger partial charge in [0.1, 0.15) is 0 Å². The van der Waals surface area contributed by atoms with E-state index >= 15 is 0 Å². The number of hydrogen-bond donors (Lipinski definition) is 2. The third-order valence-electron chi connectivity index (χ3n) is 4.15. The standard InChI is InChI=1S/C15H20ClNO4/c1-3-15(4-2,8-18)7-17-14(19)10-5-11(16)13-12(6-10)20-9-21-13/h5-6,18H,3-4,7-9H2,1-2H3,(H,17,19). The predicted molar refractivity (Wildman–Crippen MR) is 80.0 cm³/mol. The summed E-state index contributed by atoms with van der Waals surface area (Å²) in [7, 11) is 0. The number of ether oxygens (including phenoxy) is 2. The molecule has 1 aromatic carbocycles. The van der Waals surface area contributed by atoms with Gasteiger partial charge in [-0.1, -0.05) is 25.4 Å². The van der Waals surface area contributed by atoms with E-state index in [1.165, 1.54) is 0 Å². The van der Waals surface area contributed by atoms with Gasteiger partial charge in [-0.3, -0.25) is 4.79 Å². The normalized spacial score (nSPS) is 13.3. The Morgan fingerprint density at radius 3 is 2.71 bits per heavy atom. The van der Waals surface area contributed by atoms with Gasteiger partial charge in [-0.2, -0.15) is 0 Å². The fraction of sp³-hybridized carbons (Fsp3) is 0.533. The minimum Gasteiger partial charge on any atom is -0.454 e. The van der Waals surface area contributed by atoms with Gasteiger partial charge in [0, 0.05) is 17.5 Å². The van der Waals surface area contributed by atoms with Gasteiger partial charge >= 0.3 is 0 Å². The summed E-state index contributed by atoms with van der Waals surface area (Å²) in [6.45, 7) is 4.58. The summed E-state index contributed by atoms with van der Waals surface area (Å²) in [5, 5.41) is 12.7. The molecule has 0 aromatic heterocycles. The molecule has 0 bridgehead atoms. The number of halogens is 1. The number of fused-ring (bicyclic) bond motifs is 1. The van der Waals surface area contributed by atoms with Crippen LogP contribution in [0.15, 0.2) is 12.1 Å². The molecular formula is C15H20ClNO4. The Labute approximate surface area is 129 Å². The molecule has 116 valence electrons. The van der Waals surface area contributed by atoms with E-state index in [1.807, 2.05) is 13.8 Å². The molecule has 0 fully saturated rings. The minimum atomic E-state index is -0.282. The van der Waals surface area contributed by atoms with Crippen molar-refractivity contribution in [3.05, 3.63) is 22.7 Å². The maximum Gasteiger partial charge on any atom is 0.251 e. The first-order valence-electron chi connectivity index (χ1n) is 7.03. The Balaban J connectivity index is 2.09. The van der Waals surface area contributed by atoms with Crippen LogP contribution in [0, 0.1) is 5.41 Å². The van der Waals surface area contributed by atoms with Crippen LogP contribution in [0.25, 0.3) is 0 Å². The molecule has 1 amide bonds. The number of carbonyl (C=O) groups is 1. The number of benzene rings is 1. The fourth-order valence-corrected chi connectivity index (χ4v) is 2.51. The fourth-order valence-electron chi connectivity index (χ4n) is 2.25. The molecule has 1 aliphatic rings. The highest BCUT2D eigenvalue weighted by atomic mass is 35.5. The van der Waals surface area contributed by atoms with E-state index < -0.39 is 0 Å². The molecule has 0 radical (unpaired) electrons. The molecule has 0 saturated heterocycles. The molecule has 21 heavy (non-hydrogen) atoms. The lowest BCUT2D eigenvalue weighted by Crippen LogP contribution is -2.39. The van der Waals surface area contributed by atoms with Crippen LogP contribution in [0.5, 0.6) is 11.5 Å². The second-order valence-electron chi connectivity index (χ2n) is 5.24. The molecule has 5 nitrogen and oxygen atoms in total. The number of carbonyl (C=O) groups excluding carboxylic acids is 1. The molecule has 1 heterocycles. The van der Waals surface area contributed by atoms with Gasteiger partial charge < -0.3 is 19.9 Å². The van der Waals surface area contributed by atoms with Crippen molar-refractivity contribution in [3.63, 3.8) is 0 Å². The SMILES string of the molecule is CCC(CC)(CO)CNC(=O)c1cc(Cl)c2c(c1)OCO2. The molecular weight excluding hydrogens is 294 g/mol. The van der Waals surface area contributed by atoms with Crippen LogP contribution < -0.4 is 14.8 Å². The van der Waals surface area contributed by atoms with Gasteiger partial charge in [0.25, 0.3) is 5.91 Å². The van der Waals surface area contributed by atoms with E-state index in [0.29, 0.717) is 28.6 Å². The third-order valence-corrected chi connectivity index (χ3v) is 4.43. The summed E-state index contributed by atoms with van der Waals surface area (Å²) in [5.74, 6) is 0.710. The lowest BCUT2D eigenvalue weighted by molar-refractivity contribution is 0.0850. The number of amides is 1. The second-order valence-corrected chi connectivity index (χ2v) is 5.65. The van der Waals surface area contributed by atoms with Crippen LogP contribution in [0.2, 0.25) is 5.02 Å². The van der Waals surface area contributed by atoms with Gasteiger partial charge in [-0.05, 0) is 25.0 Å². The third kappa shape index (κ3) is 3.24. The van der Waals surface area contributed by atoms with E-state index in [-0.39, 0.29) is 24.7 Å². The first-order valence-corrected chi connectivity index (χ1v) is 7.41. The highest BCUT2D eigenvalue weighted by Gasteiger charge is 2.27. The molecule has 0 aliphatic carbocycles. The molecule has 2 N–H and O–H groups in total. The highest BCUT2D eigenvalue weighted by Crippen LogP contribution is 2.39. The van der Waals surface area contributed by atoms with Crippen LogP contribution in [0.1, 0.15) is 37.0 Å². The van der Waals surface area contributed by atoms with E-state index in [9.17, 15) is 9.90 Å². The van der Waals surface area contributed by atoms with Crippen LogP contribution in [-0.4, -0.2) is 31.0 Å². The summed E-state index contributed by atoms with van der Waals surface area (Å²) in [4.78, 5) is 12.2. The first-order chi connectivity index (χ1) is 10.0. The number of nitrogens with one attached hydrogen (secondary N) is 1. The van der Waals surface area contributed by atoms with Gasteiger partial charge in [0.2, 0.25) is 6.79 Å². The Bertz CT molecular complexity index is 520. The average Bonchev–Trinajstić information content (AvgIpc) is 2.98. The quantitative estimate of drug-likeness (QED) is 0.847. The maximum absolute atomic E-state index is 12.2. The summed E-state index contributed by atoms with van der Waals surface area (Å²) < 4.78 is 10.5. The summed E-state index contributed by atoms with van der Waals surface area (Å²) in [5.41, 5.74) is 0.138. The molecule has 0 unspecified atom stereocenters. The van der Waals surface area contributed by atoms with Crippen molar-refractivity contribution in [1.82, 2.24) is 5.32 Å². The average molecular weight is 314 g/mol. The molecule has 0 atom stereocenters.